The van der Waals surface area contributed by atoms with Crippen LogP contribution in [0.15, 0.2) is 41.3 Å². The first kappa shape index (κ1) is 22.8. The number of benzene rings is 2. The number of sulfonamides is 1. The molecule has 1 atom stereocenters. The Balaban J connectivity index is 1.84. The Hall–Kier alpha value is -2.38. The predicted octanol–water partition coefficient (Wildman–Crippen LogP) is 2.06. The number of alkyl halides is 1. The second kappa shape index (κ2) is 8.87. The minimum Gasteiger partial charge on any atom is -0.507 e. The quantitative estimate of drug-likeness (QED) is 0.358. The summed E-state index contributed by atoms with van der Waals surface area (Å²) in [6.45, 7) is 0.883. The first-order valence-corrected chi connectivity index (χ1v) is 12.4. The van der Waals surface area contributed by atoms with Crippen LogP contribution in [0.5, 0.6) is 17.5 Å². The van der Waals surface area contributed by atoms with Crippen molar-refractivity contribution in [2.24, 2.45) is 0 Å². The molecule has 0 aliphatic carbocycles. The Kier molecular flexibility index (Phi) is 6.32. The molecule has 10 nitrogen and oxygen atoms in total. The van der Waals surface area contributed by atoms with Crippen molar-refractivity contribution in [1.29, 1.82) is 0 Å². The van der Waals surface area contributed by atoms with Crippen molar-refractivity contribution in [3.63, 3.8) is 0 Å². The van der Waals surface area contributed by atoms with Crippen LogP contribution >= 0.6 is 27.5 Å². The van der Waals surface area contributed by atoms with Gasteiger partial charge in [0.25, 0.3) is 0 Å². The van der Waals surface area contributed by atoms with Crippen molar-refractivity contribution in [2.75, 3.05) is 25.0 Å². The molecule has 4 rings (SSSR count). The lowest BCUT2D eigenvalue weighted by atomic mass is 10.1. The van der Waals surface area contributed by atoms with Gasteiger partial charge in [0.2, 0.25) is 10.0 Å². The highest BCUT2D eigenvalue weighted by Crippen LogP contribution is 2.39. The van der Waals surface area contributed by atoms with Gasteiger partial charge in [0.15, 0.2) is 5.82 Å². The smallest absolute Gasteiger partial charge is 0.319 e. The molecule has 1 fully saturated rings. The van der Waals surface area contributed by atoms with Crippen LogP contribution in [0.3, 0.4) is 0 Å². The van der Waals surface area contributed by atoms with E-state index >= 15 is 0 Å². The zero-order chi connectivity index (χ0) is 23.0. The average molecular weight is 545 g/mol. The Morgan fingerprint density at radius 3 is 2.62 bits per heavy atom. The molecule has 1 aliphatic heterocycles. The first-order chi connectivity index (χ1) is 15.2. The molecule has 1 aromatic heterocycles. The largest absolute Gasteiger partial charge is 0.507 e. The number of phenolic OH excluding ortho intramolecular Hbond substituents is 2. The van der Waals surface area contributed by atoms with Crippen LogP contribution in [-0.2, 0) is 10.0 Å². The molecule has 1 saturated heterocycles. The van der Waals surface area contributed by atoms with Crippen LogP contribution in [0.1, 0.15) is 0 Å². The minimum atomic E-state index is -4.10. The van der Waals surface area contributed by atoms with Gasteiger partial charge in [0, 0.05) is 37.1 Å². The van der Waals surface area contributed by atoms with E-state index in [2.05, 4.69) is 31.4 Å². The molecule has 1 unspecified atom stereocenters. The topological polar surface area (TPSA) is 141 Å². The number of aromatic nitrogens is 3. The van der Waals surface area contributed by atoms with E-state index in [-0.39, 0.29) is 35.5 Å². The lowest BCUT2D eigenvalue weighted by Crippen LogP contribution is -2.53. The van der Waals surface area contributed by atoms with E-state index < -0.39 is 32.4 Å². The van der Waals surface area contributed by atoms with Crippen molar-refractivity contribution >= 4 is 37.6 Å². The molecule has 2 heterocycles. The van der Waals surface area contributed by atoms with Gasteiger partial charge in [-0.1, -0.05) is 44.8 Å². The van der Waals surface area contributed by atoms with Gasteiger partial charge in [-0.15, -0.1) is 5.10 Å². The third-order valence-corrected chi connectivity index (χ3v) is 8.08. The summed E-state index contributed by atoms with van der Waals surface area (Å²) >= 11 is 9.59. The summed E-state index contributed by atoms with van der Waals surface area (Å²) in [5.74, 6) is -1.10. The second-order valence-electron chi connectivity index (χ2n) is 7.12. The van der Waals surface area contributed by atoms with Crippen LogP contribution in [0.4, 0.5) is 0 Å². The van der Waals surface area contributed by atoms with E-state index in [1.54, 1.807) is 24.3 Å². The summed E-state index contributed by atoms with van der Waals surface area (Å²) in [5.41, 5.74) is 0.270. The fourth-order valence-corrected chi connectivity index (χ4v) is 5.73. The Morgan fingerprint density at radius 1 is 1.16 bits per heavy atom. The number of hydrogen-bond acceptors (Lipinski definition) is 8. The molecule has 0 radical (unpaired) electrons. The second-order valence-corrected chi connectivity index (χ2v) is 10.1. The van der Waals surface area contributed by atoms with Crippen molar-refractivity contribution < 1.29 is 23.7 Å². The summed E-state index contributed by atoms with van der Waals surface area (Å²) in [6, 6.07) is 8.02. The van der Waals surface area contributed by atoms with E-state index in [1.807, 2.05) is 0 Å². The van der Waals surface area contributed by atoms with Crippen LogP contribution in [0.2, 0.25) is 5.02 Å². The lowest BCUT2D eigenvalue weighted by molar-refractivity contribution is 0.312. The Bertz CT molecular complexity index is 1270. The predicted molar refractivity (Wildman–Crippen MR) is 121 cm³/mol. The average Bonchev–Trinajstić information content (AvgIpc) is 3.15. The van der Waals surface area contributed by atoms with Crippen LogP contribution in [0.25, 0.3) is 17.1 Å². The number of hydrogen-bond donors (Lipinski definition) is 4. The van der Waals surface area contributed by atoms with Crippen LogP contribution in [-0.4, -0.2) is 73.8 Å². The third kappa shape index (κ3) is 4.04. The van der Waals surface area contributed by atoms with E-state index in [1.165, 1.54) is 8.87 Å². The van der Waals surface area contributed by atoms with Gasteiger partial charge >= 0.3 is 6.01 Å². The van der Waals surface area contributed by atoms with Gasteiger partial charge in [-0.2, -0.15) is 4.31 Å². The maximum absolute atomic E-state index is 13.3. The SMILES string of the molecule is O=S(=O)(c1cc(-c2nnc(O)n2-c2ccccc2Cl)c(O)cc1O)N1CCNC(CBr)C1. The highest BCUT2D eigenvalue weighted by Gasteiger charge is 2.33. The van der Waals surface area contributed by atoms with E-state index in [9.17, 15) is 23.7 Å². The number of nitrogens with zero attached hydrogens (tertiary/aromatic N) is 4. The number of para-hydroxylation sites is 1. The summed E-state index contributed by atoms with van der Waals surface area (Å²) in [4.78, 5) is -0.395. The molecule has 0 spiro atoms. The Labute approximate surface area is 197 Å². The minimum absolute atomic E-state index is 0.0526. The molecule has 1 aliphatic rings. The summed E-state index contributed by atoms with van der Waals surface area (Å²) in [7, 11) is -4.10. The van der Waals surface area contributed by atoms with Crippen LogP contribution < -0.4 is 5.32 Å². The fraction of sp³-hybridized carbons (Fsp3) is 0.263. The maximum atomic E-state index is 13.3. The van der Waals surface area contributed by atoms with Gasteiger partial charge in [-0.05, 0) is 18.2 Å². The van der Waals surface area contributed by atoms with Gasteiger partial charge in [0.1, 0.15) is 16.4 Å². The molecule has 0 bridgehead atoms. The molecule has 4 N–H and O–H groups in total. The van der Waals surface area contributed by atoms with E-state index in [0.717, 1.165) is 12.1 Å². The van der Waals surface area contributed by atoms with Gasteiger partial charge in [0.05, 0.1) is 16.3 Å². The van der Waals surface area contributed by atoms with Crippen molar-refractivity contribution in [1.82, 2.24) is 24.4 Å². The van der Waals surface area contributed by atoms with Gasteiger partial charge < -0.3 is 20.6 Å². The Morgan fingerprint density at radius 2 is 1.91 bits per heavy atom. The highest BCUT2D eigenvalue weighted by atomic mass is 79.9. The summed E-state index contributed by atoms with van der Waals surface area (Å²) < 4.78 is 29.1. The highest BCUT2D eigenvalue weighted by molar-refractivity contribution is 9.09. The molecule has 13 heteroatoms. The fourth-order valence-electron chi connectivity index (χ4n) is 3.50. The monoisotopic (exact) mass is 543 g/mol. The van der Waals surface area contributed by atoms with Crippen molar-refractivity contribution in [3.8, 4) is 34.6 Å². The molecule has 3 aromatic rings. The molecule has 0 amide bonds. The number of piperazine rings is 1. The summed E-state index contributed by atoms with van der Waals surface area (Å²) in [6.07, 6.45) is 0. The van der Waals surface area contributed by atoms with E-state index in [4.69, 9.17) is 11.6 Å². The number of aromatic hydroxyl groups is 3. The maximum Gasteiger partial charge on any atom is 0.319 e. The molecule has 2 aromatic carbocycles. The zero-order valence-corrected chi connectivity index (χ0v) is 19.6. The van der Waals surface area contributed by atoms with Crippen molar-refractivity contribution in [2.45, 2.75) is 10.9 Å². The van der Waals surface area contributed by atoms with Gasteiger partial charge in [-0.25, -0.2) is 13.0 Å². The van der Waals surface area contributed by atoms with E-state index in [0.29, 0.717) is 17.6 Å². The van der Waals surface area contributed by atoms with Crippen molar-refractivity contribution in [3.05, 3.63) is 41.4 Å². The molecular formula is C19H19BrClN5O5S. The normalized spacial score (nSPS) is 17.5. The molecule has 170 valence electrons. The van der Waals surface area contributed by atoms with Gasteiger partial charge in [-0.3, -0.25) is 0 Å². The number of nitrogens with one attached hydrogen (secondary N) is 1. The number of halogens is 2. The molecule has 32 heavy (non-hydrogen) atoms. The zero-order valence-electron chi connectivity index (χ0n) is 16.5. The molecular weight excluding hydrogens is 526 g/mol. The number of rotatable bonds is 5. The first-order valence-electron chi connectivity index (χ1n) is 9.49. The standard InChI is InChI=1S/C19H19BrClN5O5S/c20-9-11-10-25(6-5-22-11)32(30,31)17-7-12(15(27)8-16(17)28)18-23-24-19(29)26(18)14-4-2-1-3-13(14)21/h1-4,7-8,11,22,27-28H,5-6,9-10H2,(H,24,29). The lowest BCUT2D eigenvalue weighted by Gasteiger charge is -2.32. The number of phenols is 2. The van der Waals surface area contributed by atoms with Crippen LogP contribution in [0, 0.1) is 0 Å². The molecule has 0 saturated carbocycles. The summed E-state index contributed by atoms with van der Waals surface area (Å²) in [5, 5.41) is 42.7. The third-order valence-electron chi connectivity index (χ3n) is 5.08.